The first-order valence-electron chi connectivity index (χ1n) is 9.26. The Kier molecular flexibility index (Phi) is 7.40. The summed E-state index contributed by atoms with van der Waals surface area (Å²) in [5.74, 6) is -1.56. The van der Waals surface area contributed by atoms with Gasteiger partial charge in [0.1, 0.15) is 0 Å². The minimum Gasteiger partial charge on any atom is -0.493 e. The van der Waals surface area contributed by atoms with Crippen LogP contribution in [0.25, 0.3) is 0 Å². The van der Waals surface area contributed by atoms with Crippen LogP contribution < -0.4 is 11.2 Å². The molecule has 0 bridgehead atoms. The number of carbonyl (C=O) groups excluding carboxylic acids is 2. The van der Waals surface area contributed by atoms with Crippen molar-refractivity contribution >= 4 is 39.1 Å². The maximum absolute atomic E-state index is 13.1. The number of aromatic nitrogens is 2. The average Bonchev–Trinajstić information content (AvgIpc) is 2.99. The Morgan fingerprint density at radius 2 is 1.55 bits per heavy atom. The fourth-order valence-corrected chi connectivity index (χ4v) is 3.90. The number of hydrogen-bond acceptors (Lipinski definition) is 7. The molecule has 1 N–H and O–H groups in total. The van der Waals surface area contributed by atoms with Crippen LogP contribution in [0, 0.1) is 0 Å². The standard InChI is InChI=1S/C19H20BrN5O5.Cu/c1-5-9(6-2)25-15(26)12-10(20)7-8-11(13(12)16(25)27)21-22-14-17(28)23(3)19(30)24(4)18(14)29;/h7-9,28H,5-6H2,1-4H3;/q;+2. The summed E-state index contributed by atoms with van der Waals surface area (Å²) >= 11 is 3.31. The van der Waals surface area contributed by atoms with E-state index in [1.165, 1.54) is 25.1 Å². The molecule has 167 valence electrons. The van der Waals surface area contributed by atoms with Crippen molar-refractivity contribution in [1.82, 2.24) is 14.0 Å². The fraction of sp³-hybridized carbons (Fsp3) is 0.368. The molecule has 0 unspecified atom stereocenters. The van der Waals surface area contributed by atoms with E-state index in [2.05, 4.69) is 26.2 Å². The van der Waals surface area contributed by atoms with Crippen LogP contribution in [-0.2, 0) is 31.2 Å². The number of rotatable bonds is 5. The van der Waals surface area contributed by atoms with Crippen LogP contribution in [0.15, 0.2) is 36.4 Å². The second-order valence-electron chi connectivity index (χ2n) is 6.85. The molecule has 0 saturated heterocycles. The van der Waals surface area contributed by atoms with Gasteiger partial charge < -0.3 is 5.11 Å². The number of halogens is 1. The molecule has 2 heterocycles. The molecule has 1 aliphatic heterocycles. The number of aromatic hydroxyl groups is 1. The maximum atomic E-state index is 13.1. The monoisotopic (exact) mass is 540 g/mol. The van der Waals surface area contributed by atoms with E-state index in [1.807, 2.05) is 13.8 Å². The molecule has 1 aromatic carbocycles. The smallest absolute Gasteiger partial charge is 0.493 e. The van der Waals surface area contributed by atoms with E-state index in [0.717, 1.165) is 9.13 Å². The van der Waals surface area contributed by atoms with Gasteiger partial charge in [-0.1, -0.05) is 13.8 Å². The van der Waals surface area contributed by atoms with Gasteiger partial charge in [-0.25, -0.2) is 4.79 Å². The summed E-state index contributed by atoms with van der Waals surface area (Å²) in [5, 5.41) is 17.9. The third kappa shape index (κ3) is 3.90. The molecule has 1 aromatic heterocycles. The first-order chi connectivity index (χ1) is 14.1. The Balaban J connectivity index is 0.00000341. The molecular formula is C19H20BrCuN5O5+2. The normalized spacial score (nSPS) is 13.3. The third-order valence-corrected chi connectivity index (χ3v) is 5.83. The molecule has 0 spiro atoms. The van der Waals surface area contributed by atoms with Crippen LogP contribution in [0.4, 0.5) is 11.4 Å². The topological polar surface area (TPSA) is 126 Å². The second-order valence-corrected chi connectivity index (χ2v) is 7.70. The van der Waals surface area contributed by atoms with Crippen molar-refractivity contribution in [2.24, 2.45) is 24.3 Å². The van der Waals surface area contributed by atoms with Crippen molar-refractivity contribution in [2.45, 2.75) is 32.7 Å². The molecule has 3 rings (SSSR count). The van der Waals surface area contributed by atoms with Gasteiger partial charge in [0.15, 0.2) is 0 Å². The molecular weight excluding hydrogens is 522 g/mol. The van der Waals surface area contributed by atoms with Crippen molar-refractivity contribution < 1.29 is 31.8 Å². The number of benzene rings is 1. The van der Waals surface area contributed by atoms with Crippen molar-refractivity contribution in [3.63, 3.8) is 0 Å². The van der Waals surface area contributed by atoms with Gasteiger partial charge in [-0.15, -0.1) is 10.2 Å². The van der Waals surface area contributed by atoms with E-state index in [0.29, 0.717) is 17.3 Å². The van der Waals surface area contributed by atoms with E-state index >= 15 is 0 Å². The molecule has 1 radical (unpaired) electrons. The van der Waals surface area contributed by atoms with Crippen molar-refractivity contribution in [2.75, 3.05) is 0 Å². The van der Waals surface area contributed by atoms with Crippen LogP contribution in [0.2, 0.25) is 0 Å². The third-order valence-electron chi connectivity index (χ3n) is 5.17. The predicted molar refractivity (Wildman–Crippen MR) is 112 cm³/mol. The number of amides is 2. The van der Waals surface area contributed by atoms with Crippen molar-refractivity contribution in [3.05, 3.63) is 48.6 Å². The molecule has 0 fully saturated rings. The van der Waals surface area contributed by atoms with Crippen LogP contribution in [0.5, 0.6) is 5.88 Å². The van der Waals surface area contributed by atoms with Crippen LogP contribution in [0.3, 0.4) is 0 Å². The number of carbonyl (C=O) groups is 2. The SMILES string of the molecule is CCC(CC)N1C(=O)c2c(Br)ccc(N=Nc3c(O)n(C)c(=O)n(C)c3=O)c2C1=O.[Cu+2]. The minimum absolute atomic E-state index is 0. The summed E-state index contributed by atoms with van der Waals surface area (Å²) < 4.78 is 2.08. The van der Waals surface area contributed by atoms with E-state index < -0.39 is 34.6 Å². The Hall–Kier alpha value is -2.56. The van der Waals surface area contributed by atoms with Crippen molar-refractivity contribution in [3.8, 4) is 5.88 Å². The maximum Gasteiger partial charge on any atom is 2.00 e. The summed E-state index contributed by atoms with van der Waals surface area (Å²) in [7, 11) is 2.53. The van der Waals surface area contributed by atoms with Gasteiger partial charge in [0.25, 0.3) is 17.4 Å². The van der Waals surface area contributed by atoms with E-state index in [1.54, 1.807) is 6.07 Å². The van der Waals surface area contributed by atoms with E-state index in [4.69, 9.17) is 0 Å². The Bertz CT molecular complexity index is 1220. The molecule has 2 amide bonds. The first-order valence-corrected chi connectivity index (χ1v) is 10.1. The summed E-state index contributed by atoms with van der Waals surface area (Å²) in [5.41, 5.74) is -1.68. The number of azo groups is 1. The zero-order valence-corrected chi connectivity index (χ0v) is 19.7. The Morgan fingerprint density at radius 3 is 2.13 bits per heavy atom. The molecule has 12 heteroatoms. The summed E-state index contributed by atoms with van der Waals surface area (Å²) in [6, 6.07) is 2.79. The van der Waals surface area contributed by atoms with Gasteiger partial charge in [-0.3, -0.25) is 28.4 Å². The number of nitrogens with zero attached hydrogens (tertiary/aromatic N) is 5. The molecule has 1 aliphatic rings. The van der Waals surface area contributed by atoms with Gasteiger partial charge in [0.2, 0.25) is 11.6 Å². The van der Waals surface area contributed by atoms with Crippen LogP contribution in [-0.4, -0.2) is 37.0 Å². The molecule has 0 aliphatic carbocycles. The van der Waals surface area contributed by atoms with Crippen LogP contribution >= 0.6 is 15.9 Å². The second kappa shape index (κ2) is 9.29. The average molecular weight is 542 g/mol. The summed E-state index contributed by atoms with van der Waals surface area (Å²) in [6.07, 6.45) is 1.22. The molecule has 31 heavy (non-hydrogen) atoms. The van der Waals surface area contributed by atoms with Gasteiger partial charge >= 0.3 is 22.8 Å². The minimum atomic E-state index is -0.839. The first kappa shape index (κ1) is 24.7. The Morgan fingerprint density at radius 1 is 0.968 bits per heavy atom. The molecule has 0 saturated carbocycles. The quantitative estimate of drug-likeness (QED) is 0.354. The summed E-state index contributed by atoms with van der Waals surface area (Å²) in [4.78, 5) is 51.4. The predicted octanol–water partition coefficient (Wildman–Crippen LogP) is 2.75. The van der Waals surface area contributed by atoms with E-state index in [-0.39, 0.29) is 39.9 Å². The largest absolute Gasteiger partial charge is 2.00 e. The van der Waals surface area contributed by atoms with Gasteiger partial charge in [0.05, 0.1) is 16.8 Å². The Labute approximate surface area is 196 Å². The van der Waals surface area contributed by atoms with Crippen molar-refractivity contribution in [1.29, 1.82) is 0 Å². The van der Waals surface area contributed by atoms with Gasteiger partial charge in [0, 0.05) is 24.6 Å². The van der Waals surface area contributed by atoms with Crippen LogP contribution in [0.1, 0.15) is 47.4 Å². The number of hydrogen-bond donors (Lipinski definition) is 1. The van der Waals surface area contributed by atoms with Gasteiger partial charge in [-0.2, -0.15) is 0 Å². The number of imide groups is 1. The summed E-state index contributed by atoms with van der Waals surface area (Å²) in [6.45, 7) is 3.79. The fourth-order valence-electron chi connectivity index (χ4n) is 3.40. The zero-order chi connectivity index (χ0) is 22.3. The zero-order valence-electron chi connectivity index (χ0n) is 17.1. The molecule has 10 nitrogen and oxygen atoms in total. The molecule has 0 atom stereocenters. The van der Waals surface area contributed by atoms with Gasteiger partial charge in [-0.05, 0) is 40.9 Å². The van der Waals surface area contributed by atoms with E-state index in [9.17, 15) is 24.3 Å². The number of fused-ring (bicyclic) bond motifs is 1. The molecule has 2 aromatic rings.